The summed E-state index contributed by atoms with van der Waals surface area (Å²) in [5, 5.41) is -0.344. The van der Waals surface area contributed by atoms with E-state index in [0.29, 0.717) is 12.1 Å². The van der Waals surface area contributed by atoms with E-state index in [4.69, 9.17) is 17.3 Å². The Bertz CT molecular complexity index is 945. The highest BCUT2D eigenvalue weighted by Crippen LogP contribution is 2.34. The SMILES string of the molecule is N[C@@H](CC(=O)N1CCn2c(C(F)(F)F)nc(Cl)c2C1)Cc1cc(F)c(F)cc1F. The predicted molar refractivity (Wildman–Crippen MR) is 90.3 cm³/mol. The van der Waals surface area contributed by atoms with Crippen LogP contribution < -0.4 is 5.73 Å². The zero-order valence-electron chi connectivity index (χ0n) is 14.7. The Morgan fingerprint density at radius 3 is 2.48 bits per heavy atom. The molecule has 158 valence electrons. The van der Waals surface area contributed by atoms with Crippen LogP contribution in [0.4, 0.5) is 26.3 Å². The zero-order valence-corrected chi connectivity index (χ0v) is 15.5. The first-order valence-electron chi connectivity index (χ1n) is 8.46. The van der Waals surface area contributed by atoms with Crippen LogP contribution in [0, 0.1) is 17.5 Å². The van der Waals surface area contributed by atoms with Crippen LogP contribution in [0.3, 0.4) is 0 Å². The third-order valence-electron chi connectivity index (χ3n) is 4.57. The van der Waals surface area contributed by atoms with Crippen molar-refractivity contribution in [3.63, 3.8) is 0 Å². The van der Waals surface area contributed by atoms with E-state index in [1.165, 1.54) is 4.90 Å². The molecule has 1 aromatic carbocycles. The summed E-state index contributed by atoms with van der Waals surface area (Å²) < 4.78 is 79.9. The molecule has 12 heteroatoms. The highest BCUT2D eigenvalue weighted by atomic mass is 35.5. The Hall–Kier alpha value is -2.27. The number of hydrogen-bond acceptors (Lipinski definition) is 3. The molecule has 1 aliphatic rings. The third-order valence-corrected chi connectivity index (χ3v) is 4.87. The number of aromatic nitrogens is 2. The average molecular weight is 441 g/mol. The molecule has 1 atom stereocenters. The van der Waals surface area contributed by atoms with E-state index in [2.05, 4.69) is 4.98 Å². The second-order valence-electron chi connectivity index (χ2n) is 6.66. The van der Waals surface area contributed by atoms with Crippen LogP contribution in [-0.4, -0.2) is 32.9 Å². The summed E-state index contributed by atoms with van der Waals surface area (Å²) >= 11 is 5.79. The van der Waals surface area contributed by atoms with Gasteiger partial charge in [0.2, 0.25) is 11.7 Å². The number of carbonyl (C=O) groups excluding carboxylic acids is 1. The fourth-order valence-electron chi connectivity index (χ4n) is 3.19. The maximum absolute atomic E-state index is 13.7. The first-order valence-corrected chi connectivity index (χ1v) is 8.84. The lowest BCUT2D eigenvalue weighted by Gasteiger charge is -2.30. The van der Waals surface area contributed by atoms with Gasteiger partial charge < -0.3 is 15.2 Å². The Morgan fingerprint density at radius 1 is 1.17 bits per heavy atom. The van der Waals surface area contributed by atoms with Gasteiger partial charge in [-0.1, -0.05) is 11.6 Å². The van der Waals surface area contributed by atoms with Crippen molar-refractivity contribution in [2.45, 2.75) is 38.1 Å². The van der Waals surface area contributed by atoms with Crippen molar-refractivity contribution in [3.8, 4) is 0 Å². The van der Waals surface area contributed by atoms with Crippen LogP contribution in [-0.2, 0) is 30.5 Å². The Labute approximate surface area is 166 Å². The monoisotopic (exact) mass is 440 g/mol. The molecule has 5 nitrogen and oxygen atoms in total. The minimum absolute atomic E-state index is 0.0200. The van der Waals surface area contributed by atoms with Gasteiger partial charge >= 0.3 is 6.18 Å². The van der Waals surface area contributed by atoms with Crippen LogP contribution in [0.15, 0.2) is 12.1 Å². The molecule has 0 spiro atoms. The second kappa shape index (κ2) is 7.86. The smallest absolute Gasteiger partial charge is 0.335 e. The molecule has 1 aliphatic heterocycles. The number of benzene rings is 1. The van der Waals surface area contributed by atoms with Crippen molar-refractivity contribution < 1.29 is 31.1 Å². The molecule has 1 aromatic heterocycles. The van der Waals surface area contributed by atoms with Crippen LogP contribution in [0.25, 0.3) is 0 Å². The normalized spacial score (nSPS) is 15.4. The molecular weight excluding hydrogens is 426 g/mol. The van der Waals surface area contributed by atoms with Gasteiger partial charge in [0, 0.05) is 31.6 Å². The van der Waals surface area contributed by atoms with Crippen molar-refractivity contribution in [2.75, 3.05) is 6.54 Å². The molecule has 3 rings (SSSR count). The maximum Gasteiger partial charge on any atom is 0.449 e. The van der Waals surface area contributed by atoms with Crippen LogP contribution >= 0.6 is 11.6 Å². The molecular formula is C17H15ClF6N4O. The molecule has 29 heavy (non-hydrogen) atoms. The van der Waals surface area contributed by atoms with Gasteiger partial charge in [-0.3, -0.25) is 4.79 Å². The van der Waals surface area contributed by atoms with Crippen molar-refractivity contribution in [3.05, 3.63) is 51.8 Å². The molecule has 1 amide bonds. The summed E-state index contributed by atoms with van der Waals surface area (Å²) in [6.45, 7) is -0.358. The summed E-state index contributed by atoms with van der Waals surface area (Å²) in [7, 11) is 0. The van der Waals surface area contributed by atoms with Gasteiger partial charge in [0.05, 0.1) is 12.2 Å². The van der Waals surface area contributed by atoms with Crippen molar-refractivity contribution >= 4 is 17.5 Å². The largest absolute Gasteiger partial charge is 0.449 e. The molecule has 0 unspecified atom stereocenters. The number of carbonyl (C=O) groups is 1. The van der Waals surface area contributed by atoms with E-state index in [-0.39, 0.29) is 48.9 Å². The zero-order chi connectivity index (χ0) is 21.5. The van der Waals surface area contributed by atoms with Gasteiger partial charge in [0.1, 0.15) is 5.82 Å². The molecule has 0 radical (unpaired) electrons. The Kier molecular flexibility index (Phi) is 5.81. The summed E-state index contributed by atoms with van der Waals surface area (Å²) in [6.07, 6.45) is -5.17. The third kappa shape index (κ3) is 4.50. The van der Waals surface area contributed by atoms with Crippen molar-refractivity contribution in [1.82, 2.24) is 14.5 Å². The summed E-state index contributed by atoms with van der Waals surface area (Å²) in [6, 6.07) is 0.160. The topological polar surface area (TPSA) is 64.2 Å². The van der Waals surface area contributed by atoms with Gasteiger partial charge in [-0.05, 0) is 18.1 Å². The van der Waals surface area contributed by atoms with Crippen LogP contribution in [0.5, 0.6) is 0 Å². The first-order chi connectivity index (χ1) is 13.5. The second-order valence-corrected chi connectivity index (χ2v) is 7.02. The molecule has 2 N–H and O–H groups in total. The van der Waals surface area contributed by atoms with Gasteiger partial charge in [0.15, 0.2) is 16.8 Å². The Balaban J connectivity index is 1.67. The lowest BCUT2D eigenvalue weighted by Crippen LogP contribution is -2.41. The van der Waals surface area contributed by atoms with Gasteiger partial charge in [-0.2, -0.15) is 13.2 Å². The number of nitrogens with zero attached hydrogens (tertiary/aromatic N) is 3. The van der Waals surface area contributed by atoms with E-state index < -0.39 is 41.4 Å². The number of amides is 1. The standard InChI is InChI=1S/C17H15ClF6N4O/c18-15-13-7-27(1-2-28(13)16(26-15)17(22,23)24)14(29)5-9(25)3-8-4-11(20)12(21)6-10(8)19/h4,6,9H,1-3,5,7,25H2/t9-/m1/s1. The Morgan fingerprint density at radius 2 is 1.83 bits per heavy atom. The minimum atomic E-state index is -4.68. The predicted octanol–water partition coefficient (Wildman–Crippen LogP) is 3.27. The molecule has 2 aromatic rings. The number of rotatable bonds is 4. The summed E-state index contributed by atoms with van der Waals surface area (Å²) in [4.78, 5) is 17.1. The van der Waals surface area contributed by atoms with E-state index >= 15 is 0 Å². The number of hydrogen-bond donors (Lipinski definition) is 1. The number of imidazole rings is 1. The number of alkyl halides is 3. The van der Waals surface area contributed by atoms with Crippen molar-refractivity contribution in [1.29, 1.82) is 0 Å². The fourth-order valence-corrected chi connectivity index (χ4v) is 3.43. The molecule has 2 heterocycles. The summed E-state index contributed by atoms with van der Waals surface area (Å²) in [5.41, 5.74) is 5.71. The van der Waals surface area contributed by atoms with Crippen LogP contribution in [0.2, 0.25) is 5.15 Å². The van der Waals surface area contributed by atoms with E-state index in [0.717, 1.165) is 4.57 Å². The molecule has 0 bridgehead atoms. The number of halogens is 7. The minimum Gasteiger partial charge on any atom is -0.335 e. The van der Waals surface area contributed by atoms with E-state index in [1.807, 2.05) is 0 Å². The first kappa shape index (κ1) is 21.4. The molecule has 0 aliphatic carbocycles. The van der Waals surface area contributed by atoms with Gasteiger partial charge in [-0.15, -0.1) is 0 Å². The number of nitrogens with two attached hydrogens (primary N) is 1. The number of fused-ring (bicyclic) bond motifs is 1. The highest BCUT2D eigenvalue weighted by Gasteiger charge is 2.40. The lowest BCUT2D eigenvalue weighted by molar-refractivity contribution is -0.148. The fraction of sp³-hybridized carbons (Fsp3) is 0.412. The van der Waals surface area contributed by atoms with Gasteiger partial charge in [0.25, 0.3) is 0 Å². The quantitative estimate of drug-likeness (QED) is 0.586. The van der Waals surface area contributed by atoms with E-state index in [1.54, 1.807) is 0 Å². The average Bonchev–Trinajstić information content (AvgIpc) is 2.96. The van der Waals surface area contributed by atoms with Crippen molar-refractivity contribution in [2.24, 2.45) is 5.73 Å². The molecule has 0 saturated heterocycles. The maximum atomic E-state index is 13.7. The summed E-state index contributed by atoms with van der Waals surface area (Å²) in [5.74, 6) is -5.18. The molecule has 0 fully saturated rings. The highest BCUT2D eigenvalue weighted by molar-refractivity contribution is 6.30. The molecule has 0 saturated carbocycles. The van der Waals surface area contributed by atoms with Gasteiger partial charge in [-0.25, -0.2) is 18.2 Å². The lowest BCUT2D eigenvalue weighted by atomic mass is 10.0. The van der Waals surface area contributed by atoms with E-state index in [9.17, 15) is 31.1 Å². The van der Waals surface area contributed by atoms with Crippen LogP contribution in [0.1, 0.15) is 23.5 Å².